The molecule has 3 rings (SSSR count). The van der Waals surface area contributed by atoms with Gasteiger partial charge in [-0.05, 0) is 44.2 Å². The fourth-order valence-electron chi connectivity index (χ4n) is 3.03. The molecule has 0 aliphatic heterocycles. The molecule has 0 spiro atoms. The minimum absolute atomic E-state index is 0.537. The number of nitrogens with one attached hydrogen (secondary N) is 1. The van der Waals surface area contributed by atoms with Crippen LogP contribution in [0.4, 0.5) is 0 Å². The first-order valence-electron chi connectivity index (χ1n) is 8.53. The van der Waals surface area contributed by atoms with Crippen molar-refractivity contribution in [2.75, 3.05) is 7.11 Å². The highest BCUT2D eigenvalue weighted by Gasteiger charge is 2.10. The highest BCUT2D eigenvalue weighted by atomic mass is 35.5. The minimum Gasteiger partial charge on any atom is -0.496 e. The Morgan fingerprint density at radius 2 is 1.85 bits per heavy atom. The number of aryl methyl sites for hydroxylation is 1. The zero-order chi connectivity index (χ0) is 19.4. The van der Waals surface area contributed by atoms with E-state index >= 15 is 0 Å². The maximum atomic E-state index is 6.17. The minimum atomic E-state index is 0.537. The van der Waals surface area contributed by atoms with Crippen molar-refractivity contribution in [2.24, 2.45) is 5.10 Å². The van der Waals surface area contributed by atoms with Gasteiger partial charge in [0.1, 0.15) is 5.75 Å². The number of nitrogens with zero attached hydrogens (tertiary/aromatic N) is 2. The molecule has 0 saturated carbocycles. The second-order valence-electron chi connectivity index (χ2n) is 6.17. The van der Waals surface area contributed by atoms with Crippen molar-refractivity contribution < 1.29 is 4.74 Å². The number of ether oxygens (including phenoxy) is 1. The molecule has 0 bridgehead atoms. The van der Waals surface area contributed by atoms with Crippen molar-refractivity contribution in [3.05, 3.63) is 81.1 Å². The molecule has 140 valence electrons. The van der Waals surface area contributed by atoms with Crippen molar-refractivity contribution in [3.63, 3.8) is 0 Å². The number of hydrazone groups is 1. The summed E-state index contributed by atoms with van der Waals surface area (Å²) in [5.74, 6) is 0.845. The Hall–Kier alpha value is -2.43. The average Bonchev–Trinajstić information content (AvgIpc) is 2.95. The van der Waals surface area contributed by atoms with Gasteiger partial charge in [-0.15, -0.1) is 0 Å². The molecule has 1 heterocycles. The molecular formula is C21H21Cl2N3O. The Morgan fingerprint density at radius 1 is 1.07 bits per heavy atom. The lowest BCUT2D eigenvalue weighted by atomic mass is 10.2. The van der Waals surface area contributed by atoms with Crippen molar-refractivity contribution in [1.29, 1.82) is 0 Å². The van der Waals surface area contributed by atoms with Crippen LogP contribution in [0.5, 0.6) is 5.75 Å². The summed E-state index contributed by atoms with van der Waals surface area (Å²) in [6.45, 7) is 4.69. The molecule has 0 aliphatic rings. The van der Waals surface area contributed by atoms with Gasteiger partial charge in [0, 0.05) is 28.2 Å². The zero-order valence-electron chi connectivity index (χ0n) is 15.5. The van der Waals surface area contributed by atoms with Gasteiger partial charge in [-0.25, -0.2) is 0 Å². The van der Waals surface area contributed by atoms with Gasteiger partial charge in [-0.1, -0.05) is 41.4 Å². The van der Waals surface area contributed by atoms with E-state index in [0.29, 0.717) is 16.6 Å². The molecule has 0 unspecified atom stereocenters. The highest BCUT2D eigenvalue weighted by Crippen LogP contribution is 2.27. The molecule has 0 amide bonds. The summed E-state index contributed by atoms with van der Waals surface area (Å²) in [7, 11) is 1.67. The van der Waals surface area contributed by atoms with Crippen molar-refractivity contribution in [2.45, 2.75) is 20.4 Å². The molecule has 1 N–H and O–H groups in total. The van der Waals surface area contributed by atoms with Gasteiger partial charge < -0.3 is 14.7 Å². The number of para-hydroxylation sites is 1. The molecule has 0 fully saturated rings. The Kier molecular flexibility index (Phi) is 6.09. The van der Waals surface area contributed by atoms with Crippen LogP contribution >= 0.6 is 23.2 Å². The van der Waals surface area contributed by atoms with Gasteiger partial charge in [-0.2, -0.15) is 5.10 Å². The smallest absolute Gasteiger partial charge is 0.123 e. The number of methoxy groups -OCH3 is 1. The fraction of sp³-hybridized carbons (Fsp3) is 0.190. The monoisotopic (exact) mass is 401 g/mol. The largest absolute Gasteiger partial charge is 0.496 e. The molecule has 0 atom stereocenters. The molecule has 2 aromatic carbocycles. The summed E-state index contributed by atoms with van der Waals surface area (Å²) < 4.78 is 7.48. The third kappa shape index (κ3) is 4.29. The van der Waals surface area contributed by atoms with Crippen molar-refractivity contribution >= 4 is 29.4 Å². The number of aromatic nitrogens is 1. The van der Waals surface area contributed by atoms with Crippen molar-refractivity contribution in [1.82, 2.24) is 9.99 Å². The Bertz CT molecular complexity index is 980. The van der Waals surface area contributed by atoms with E-state index in [1.165, 1.54) is 0 Å². The lowest BCUT2D eigenvalue weighted by molar-refractivity contribution is 0.408. The number of benzene rings is 2. The summed E-state index contributed by atoms with van der Waals surface area (Å²) >= 11 is 12.2. The van der Waals surface area contributed by atoms with E-state index in [-0.39, 0.29) is 0 Å². The van der Waals surface area contributed by atoms with Crippen LogP contribution in [0, 0.1) is 13.8 Å². The highest BCUT2D eigenvalue weighted by molar-refractivity contribution is 6.42. The van der Waals surface area contributed by atoms with E-state index in [0.717, 1.165) is 34.0 Å². The van der Waals surface area contributed by atoms with E-state index in [2.05, 4.69) is 35.0 Å². The summed E-state index contributed by atoms with van der Waals surface area (Å²) in [5, 5.41) is 5.45. The van der Waals surface area contributed by atoms with E-state index in [4.69, 9.17) is 27.9 Å². The number of hydrogen-bond acceptors (Lipinski definition) is 3. The first-order valence-corrected chi connectivity index (χ1v) is 9.29. The van der Waals surface area contributed by atoms with Gasteiger partial charge in [-0.3, -0.25) is 0 Å². The Labute approximate surface area is 169 Å². The molecule has 3 aromatic rings. The third-order valence-electron chi connectivity index (χ3n) is 4.39. The van der Waals surface area contributed by atoms with Crippen LogP contribution in [-0.4, -0.2) is 17.9 Å². The first-order chi connectivity index (χ1) is 13.0. The van der Waals surface area contributed by atoms with Crippen LogP contribution in [0.2, 0.25) is 10.0 Å². The molecule has 0 saturated heterocycles. The molecule has 6 heteroatoms. The maximum Gasteiger partial charge on any atom is 0.123 e. The van der Waals surface area contributed by atoms with Gasteiger partial charge in [0.25, 0.3) is 0 Å². The normalized spacial score (nSPS) is 11.1. The van der Waals surface area contributed by atoms with Crippen LogP contribution < -0.4 is 10.2 Å². The van der Waals surface area contributed by atoms with E-state index < -0.39 is 0 Å². The summed E-state index contributed by atoms with van der Waals surface area (Å²) in [5.41, 5.74) is 8.31. The third-order valence-corrected chi connectivity index (χ3v) is 5.13. The van der Waals surface area contributed by atoms with Crippen LogP contribution in [0.1, 0.15) is 22.5 Å². The van der Waals surface area contributed by atoms with Gasteiger partial charge in [0.05, 0.1) is 29.9 Å². The van der Waals surface area contributed by atoms with Gasteiger partial charge >= 0.3 is 0 Å². The Balaban J connectivity index is 1.76. The van der Waals surface area contributed by atoms with Gasteiger partial charge in [0.2, 0.25) is 0 Å². The van der Waals surface area contributed by atoms with E-state index in [1.54, 1.807) is 13.2 Å². The standard InChI is InChI=1S/C21H21Cl2N3O/c1-14-10-17(13-25-24-12-16-6-4-5-7-21(16)27-3)15(2)26(14)18-8-9-19(22)20(23)11-18/h4-11,13,24H,12H2,1-3H3/b25-13-. The molecule has 4 nitrogen and oxygen atoms in total. The summed E-state index contributed by atoms with van der Waals surface area (Å²) in [6, 6.07) is 15.6. The molecule has 0 aliphatic carbocycles. The zero-order valence-corrected chi connectivity index (χ0v) is 17.0. The van der Waals surface area contributed by atoms with Gasteiger partial charge in [0.15, 0.2) is 0 Å². The molecule has 1 aromatic heterocycles. The SMILES string of the molecule is COc1ccccc1CN/N=C\c1cc(C)n(-c2ccc(Cl)c(Cl)c2)c1C. The first kappa shape index (κ1) is 19.3. The van der Waals surface area contributed by atoms with Crippen LogP contribution in [-0.2, 0) is 6.54 Å². The Morgan fingerprint density at radius 3 is 2.59 bits per heavy atom. The second-order valence-corrected chi connectivity index (χ2v) is 6.98. The number of rotatable bonds is 6. The predicted molar refractivity (Wildman–Crippen MR) is 113 cm³/mol. The molecule has 0 radical (unpaired) electrons. The van der Waals surface area contributed by atoms with Crippen LogP contribution in [0.15, 0.2) is 53.6 Å². The fourth-order valence-corrected chi connectivity index (χ4v) is 3.33. The average molecular weight is 402 g/mol. The van der Waals surface area contributed by atoms with Crippen molar-refractivity contribution in [3.8, 4) is 11.4 Å². The van der Waals surface area contributed by atoms with E-state index in [9.17, 15) is 0 Å². The maximum absolute atomic E-state index is 6.17. The lowest BCUT2D eigenvalue weighted by Crippen LogP contribution is -2.07. The van der Waals surface area contributed by atoms with E-state index in [1.807, 2.05) is 42.6 Å². The predicted octanol–water partition coefficient (Wildman–Crippen LogP) is 5.53. The topological polar surface area (TPSA) is 38.5 Å². The second kappa shape index (κ2) is 8.51. The number of hydrogen-bond donors (Lipinski definition) is 1. The quantitative estimate of drug-likeness (QED) is 0.435. The summed E-state index contributed by atoms with van der Waals surface area (Å²) in [6.07, 6.45) is 1.83. The van der Waals surface area contributed by atoms with Crippen LogP contribution in [0.3, 0.4) is 0 Å². The lowest BCUT2D eigenvalue weighted by Gasteiger charge is -2.10. The van der Waals surface area contributed by atoms with Crippen LogP contribution in [0.25, 0.3) is 5.69 Å². The summed E-state index contributed by atoms with van der Waals surface area (Å²) in [4.78, 5) is 0. The number of halogens is 2. The molecular weight excluding hydrogens is 381 g/mol. The molecule has 27 heavy (non-hydrogen) atoms.